The Kier molecular flexibility index (Phi) is 5.15. The van der Waals surface area contributed by atoms with Crippen molar-refractivity contribution in [3.63, 3.8) is 0 Å². The van der Waals surface area contributed by atoms with Gasteiger partial charge in [-0.25, -0.2) is 0 Å². The molecule has 3 heteroatoms. The predicted molar refractivity (Wildman–Crippen MR) is 63.9 cm³/mol. The Balaban J connectivity index is 2.27. The van der Waals surface area contributed by atoms with Gasteiger partial charge in [-0.3, -0.25) is 0 Å². The molecule has 2 nitrogen and oxygen atoms in total. The first-order chi connectivity index (χ1) is 6.74. The number of nitrogens with one attached hydrogen (secondary N) is 1. The smallest absolute Gasteiger partial charge is 0.0328 e. The topological polar surface area (TPSA) is 15.3 Å². The van der Waals surface area contributed by atoms with Crippen LogP contribution in [-0.2, 0) is 6.54 Å². The summed E-state index contributed by atoms with van der Waals surface area (Å²) in [5.74, 6) is 0. The quantitative estimate of drug-likeness (QED) is 0.727. The van der Waals surface area contributed by atoms with Gasteiger partial charge in [0, 0.05) is 24.5 Å². The van der Waals surface area contributed by atoms with E-state index in [0.717, 1.165) is 26.2 Å². The normalized spacial score (nSPS) is 11.1. The minimum Gasteiger partial charge on any atom is -0.316 e. The molecule has 0 aliphatic carbocycles. The van der Waals surface area contributed by atoms with Crippen molar-refractivity contribution in [1.82, 2.24) is 10.2 Å². The Morgan fingerprint density at radius 3 is 2.86 bits per heavy atom. The third-order valence-corrected chi connectivity index (χ3v) is 3.31. The number of hydrogen-bond donors (Lipinski definition) is 1. The van der Waals surface area contributed by atoms with Gasteiger partial charge < -0.3 is 10.2 Å². The number of likely N-dealkylation sites (N-methyl/N-ethyl adjacent to an activating group) is 2. The van der Waals surface area contributed by atoms with Gasteiger partial charge in [0.15, 0.2) is 0 Å². The van der Waals surface area contributed by atoms with Crippen molar-refractivity contribution in [2.24, 2.45) is 0 Å². The Bertz CT molecular complexity index is 258. The van der Waals surface area contributed by atoms with E-state index in [4.69, 9.17) is 0 Å². The van der Waals surface area contributed by atoms with Gasteiger partial charge in [-0.15, -0.1) is 11.3 Å². The van der Waals surface area contributed by atoms with Crippen LogP contribution in [0.25, 0.3) is 0 Å². The lowest BCUT2D eigenvalue weighted by molar-refractivity contribution is 0.328. The van der Waals surface area contributed by atoms with Gasteiger partial charge in [-0.2, -0.15) is 0 Å². The van der Waals surface area contributed by atoms with Gasteiger partial charge in [0.25, 0.3) is 0 Å². The third-order valence-electron chi connectivity index (χ3n) is 2.30. The van der Waals surface area contributed by atoms with Crippen LogP contribution in [-0.4, -0.2) is 31.6 Å². The molecular weight excluding hydrogens is 192 g/mol. The second kappa shape index (κ2) is 6.17. The molecule has 1 aromatic heterocycles. The molecule has 1 heterocycles. The molecule has 0 unspecified atom stereocenters. The number of aryl methyl sites for hydroxylation is 1. The molecule has 0 aliphatic rings. The van der Waals surface area contributed by atoms with Crippen LogP contribution in [0.5, 0.6) is 0 Å². The van der Waals surface area contributed by atoms with E-state index in [0.29, 0.717) is 0 Å². The van der Waals surface area contributed by atoms with Gasteiger partial charge >= 0.3 is 0 Å². The van der Waals surface area contributed by atoms with Crippen molar-refractivity contribution < 1.29 is 0 Å². The summed E-state index contributed by atoms with van der Waals surface area (Å²) in [6, 6.07) is 2.19. The van der Waals surface area contributed by atoms with E-state index in [9.17, 15) is 0 Å². The monoisotopic (exact) mass is 212 g/mol. The van der Waals surface area contributed by atoms with Crippen molar-refractivity contribution in [3.8, 4) is 0 Å². The summed E-state index contributed by atoms with van der Waals surface area (Å²) in [5.41, 5.74) is 1.42. The molecule has 0 bridgehead atoms. The maximum atomic E-state index is 3.34. The lowest BCUT2D eigenvalue weighted by Crippen LogP contribution is -2.28. The van der Waals surface area contributed by atoms with Gasteiger partial charge in [-0.1, -0.05) is 6.92 Å². The average Bonchev–Trinajstić information content (AvgIpc) is 2.52. The molecule has 80 valence electrons. The van der Waals surface area contributed by atoms with Crippen molar-refractivity contribution in [1.29, 1.82) is 0 Å². The van der Waals surface area contributed by atoms with Crippen LogP contribution in [0.1, 0.15) is 17.4 Å². The fourth-order valence-electron chi connectivity index (χ4n) is 1.34. The zero-order valence-electron chi connectivity index (χ0n) is 9.34. The van der Waals surface area contributed by atoms with E-state index < -0.39 is 0 Å². The number of nitrogens with zero attached hydrogens (tertiary/aromatic N) is 1. The molecule has 1 aromatic rings. The van der Waals surface area contributed by atoms with Crippen LogP contribution in [0, 0.1) is 6.92 Å². The first kappa shape index (κ1) is 11.7. The molecular formula is C11H20N2S. The molecule has 0 saturated carbocycles. The van der Waals surface area contributed by atoms with E-state index in [1.807, 2.05) is 11.3 Å². The van der Waals surface area contributed by atoms with Crippen molar-refractivity contribution in [2.45, 2.75) is 20.4 Å². The summed E-state index contributed by atoms with van der Waals surface area (Å²) in [5, 5.41) is 5.50. The largest absolute Gasteiger partial charge is 0.316 e. The minimum atomic E-state index is 1.06. The highest BCUT2D eigenvalue weighted by molar-refractivity contribution is 7.10. The SMILES string of the molecule is CCNCCN(C)Cc1sccc1C. The zero-order chi connectivity index (χ0) is 10.4. The minimum absolute atomic E-state index is 1.06. The van der Waals surface area contributed by atoms with Crippen LogP contribution in [0.3, 0.4) is 0 Å². The lowest BCUT2D eigenvalue weighted by Gasteiger charge is -2.16. The molecule has 1 N–H and O–H groups in total. The van der Waals surface area contributed by atoms with Gasteiger partial charge in [0.2, 0.25) is 0 Å². The molecule has 0 aromatic carbocycles. The zero-order valence-corrected chi connectivity index (χ0v) is 10.2. The van der Waals surface area contributed by atoms with Gasteiger partial charge in [0.1, 0.15) is 0 Å². The van der Waals surface area contributed by atoms with Crippen LogP contribution in [0.2, 0.25) is 0 Å². The van der Waals surface area contributed by atoms with Gasteiger partial charge in [-0.05, 0) is 37.5 Å². The summed E-state index contributed by atoms with van der Waals surface area (Å²) in [6.07, 6.45) is 0. The number of thiophene rings is 1. The average molecular weight is 212 g/mol. The van der Waals surface area contributed by atoms with Gasteiger partial charge in [0.05, 0.1) is 0 Å². The Morgan fingerprint density at radius 2 is 2.29 bits per heavy atom. The molecule has 0 spiro atoms. The molecule has 0 amide bonds. The first-order valence-corrected chi connectivity index (χ1v) is 6.04. The van der Waals surface area contributed by atoms with E-state index in [-0.39, 0.29) is 0 Å². The standard InChI is InChI=1S/C11H20N2S/c1-4-12-6-7-13(3)9-11-10(2)5-8-14-11/h5,8,12H,4,6-7,9H2,1-3H3. The molecule has 0 saturated heterocycles. The fraction of sp³-hybridized carbons (Fsp3) is 0.636. The lowest BCUT2D eigenvalue weighted by atomic mass is 10.3. The highest BCUT2D eigenvalue weighted by Gasteiger charge is 2.03. The summed E-state index contributed by atoms with van der Waals surface area (Å²) in [7, 11) is 2.18. The van der Waals surface area contributed by atoms with Crippen LogP contribution in [0.4, 0.5) is 0 Å². The number of rotatable bonds is 6. The summed E-state index contributed by atoms with van der Waals surface area (Å²) in [6.45, 7) is 8.66. The molecule has 0 aliphatic heterocycles. The van der Waals surface area contributed by atoms with E-state index in [2.05, 4.69) is 42.6 Å². The maximum absolute atomic E-state index is 3.34. The third kappa shape index (κ3) is 3.78. The van der Waals surface area contributed by atoms with Crippen molar-refractivity contribution in [3.05, 3.63) is 21.9 Å². The second-order valence-electron chi connectivity index (χ2n) is 3.62. The Hall–Kier alpha value is -0.380. The van der Waals surface area contributed by atoms with Crippen LogP contribution in [0.15, 0.2) is 11.4 Å². The number of hydrogen-bond acceptors (Lipinski definition) is 3. The van der Waals surface area contributed by atoms with Crippen LogP contribution >= 0.6 is 11.3 Å². The van der Waals surface area contributed by atoms with E-state index in [1.54, 1.807) is 0 Å². The molecule has 1 rings (SSSR count). The fourth-order valence-corrected chi connectivity index (χ4v) is 2.32. The second-order valence-corrected chi connectivity index (χ2v) is 4.62. The molecule has 0 radical (unpaired) electrons. The van der Waals surface area contributed by atoms with Crippen molar-refractivity contribution in [2.75, 3.05) is 26.7 Å². The Labute approximate surface area is 90.9 Å². The van der Waals surface area contributed by atoms with E-state index in [1.165, 1.54) is 10.4 Å². The predicted octanol–water partition coefficient (Wildman–Crippen LogP) is 2.10. The Morgan fingerprint density at radius 1 is 1.50 bits per heavy atom. The van der Waals surface area contributed by atoms with Crippen molar-refractivity contribution >= 4 is 11.3 Å². The van der Waals surface area contributed by atoms with E-state index >= 15 is 0 Å². The first-order valence-electron chi connectivity index (χ1n) is 5.16. The summed E-state index contributed by atoms with van der Waals surface area (Å²) < 4.78 is 0. The highest BCUT2D eigenvalue weighted by atomic mass is 32.1. The van der Waals surface area contributed by atoms with Crippen LogP contribution < -0.4 is 5.32 Å². The molecule has 14 heavy (non-hydrogen) atoms. The summed E-state index contributed by atoms with van der Waals surface area (Å²) >= 11 is 1.86. The molecule has 0 fully saturated rings. The molecule has 0 atom stereocenters. The summed E-state index contributed by atoms with van der Waals surface area (Å²) in [4.78, 5) is 3.85. The highest BCUT2D eigenvalue weighted by Crippen LogP contribution is 2.16. The maximum Gasteiger partial charge on any atom is 0.0328 e.